The van der Waals surface area contributed by atoms with E-state index in [-0.39, 0.29) is 48.1 Å². The van der Waals surface area contributed by atoms with Crippen LogP contribution >= 0.6 is 0 Å². The van der Waals surface area contributed by atoms with Crippen LogP contribution in [-0.2, 0) is 20.7 Å². The first-order valence-corrected chi connectivity index (χ1v) is 13.1. The summed E-state index contributed by atoms with van der Waals surface area (Å²) in [4.78, 5) is 54.1. The fourth-order valence-electron chi connectivity index (χ4n) is 6.56. The first-order valence-electron chi connectivity index (χ1n) is 13.1. The van der Waals surface area contributed by atoms with Crippen LogP contribution in [0.3, 0.4) is 0 Å². The lowest BCUT2D eigenvalue weighted by molar-refractivity contribution is -0.146. The molecule has 11 heteroatoms. The second kappa shape index (κ2) is 9.98. The monoisotopic (exact) mass is 539 g/mol. The van der Waals surface area contributed by atoms with Crippen LogP contribution in [0.5, 0.6) is 5.75 Å². The summed E-state index contributed by atoms with van der Waals surface area (Å²) in [5, 5.41) is 36.9. The van der Waals surface area contributed by atoms with Gasteiger partial charge in [-0.1, -0.05) is 6.08 Å². The highest BCUT2D eigenvalue weighted by atomic mass is 16.5. The molecule has 6 N–H and O–H groups in total. The number of Topliss-reactive ketones (excluding diaryl/α,β-unsaturated/α-hetero) is 3. The number of ether oxygens (including phenoxy) is 1. The number of carbonyl (C=O) groups excluding carboxylic acids is 4. The minimum Gasteiger partial charge on any atom is -0.508 e. The Morgan fingerprint density at radius 2 is 1.87 bits per heavy atom. The Bertz CT molecular complexity index is 1330. The predicted octanol–water partition coefficient (Wildman–Crippen LogP) is 0.186. The Kier molecular flexibility index (Phi) is 6.96. The second-order valence-corrected chi connectivity index (χ2v) is 11.0. The lowest BCUT2D eigenvalue weighted by atomic mass is 9.59. The fraction of sp³-hybridized carbons (Fsp3) is 0.500. The molecule has 0 aromatic heterocycles. The average Bonchev–Trinajstić information content (AvgIpc) is 2.89. The third-order valence-corrected chi connectivity index (χ3v) is 8.59. The maximum absolute atomic E-state index is 13.8. The summed E-state index contributed by atoms with van der Waals surface area (Å²) in [5.74, 6) is -5.83. The van der Waals surface area contributed by atoms with Gasteiger partial charge < -0.3 is 36.0 Å². The van der Waals surface area contributed by atoms with Gasteiger partial charge in [0.2, 0.25) is 5.78 Å². The predicted molar refractivity (Wildman–Crippen MR) is 138 cm³/mol. The SMILES string of the molecule is CN(C)[C@@H]1C=C(C(N)=O)C(=O)[C@@]2(O)C(O)=C3C(=O)c4c(O)ccc(C(=O)CNC5CCOCC5)c4C[C@H]3C[C@@H]12. The van der Waals surface area contributed by atoms with Crippen molar-refractivity contribution in [2.24, 2.45) is 17.6 Å². The molecule has 1 aliphatic heterocycles. The van der Waals surface area contributed by atoms with Gasteiger partial charge in [0.05, 0.1) is 17.7 Å². The highest BCUT2D eigenvalue weighted by Crippen LogP contribution is 2.51. The summed E-state index contributed by atoms with van der Waals surface area (Å²) in [6.07, 6.45) is 3.22. The van der Waals surface area contributed by atoms with E-state index in [1.165, 1.54) is 18.2 Å². The summed E-state index contributed by atoms with van der Waals surface area (Å²) in [6.45, 7) is 1.29. The molecule has 11 nitrogen and oxygen atoms in total. The van der Waals surface area contributed by atoms with Gasteiger partial charge in [0.25, 0.3) is 5.91 Å². The molecule has 4 atom stereocenters. The van der Waals surface area contributed by atoms with E-state index < -0.39 is 52.3 Å². The molecular weight excluding hydrogens is 506 g/mol. The zero-order valence-electron chi connectivity index (χ0n) is 21.9. The topological polar surface area (TPSA) is 179 Å². The van der Waals surface area contributed by atoms with Gasteiger partial charge in [-0.15, -0.1) is 0 Å². The molecule has 1 fully saturated rings. The molecule has 1 saturated heterocycles. The zero-order valence-corrected chi connectivity index (χ0v) is 21.9. The molecule has 5 rings (SSSR count). The number of hydrogen-bond acceptors (Lipinski definition) is 10. The number of nitrogens with two attached hydrogens (primary N) is 1. The van der Waals surface area contributed by atoms with Crippen molar-refractivity contribution in [3.05, 3.63) is 51.8 Å². The number of nitrogens with zero attached hydrogens (tertiary/aromatic N) is 1. The van der Waals surface area contributed by atoms with Gasteiger partial charge in [0, 0.05) is 42.4 Å². The standard InChI is InChI=1S/C28H33N3O8/c1-31(2)19-11-17(27(29)37)25(35)28(38)18(19)10-13-9-16-15(21(33)12-30-14-5-7-39-8-6-14)3-4-20(32)23(16)24(34)22(13)26(28)36/h3-4,11,13-14,18-19,30,32,36,38H,5-10,12H2,1-2H3,(H2,29,37)/t13-,18-,19+,28+/m0/s1. The van der Waals surface area contributed by atoms with E-state index in [0.29, 0.717) is 24.3 Å². The van der Waals surface area contributed by atoms with E-state index in [2.05, 4.69) is 5.32 Å². The molecule has 0 spiro atoms. The van der Waals surface area contributed by atoms with Gasteiger partial charge in [-0.2, -0.15) is 0 Å². The number of nitrogens with one attached hydrogen (secondary N) is 1. The summed E-state index contributed by atoms with van der Waals surface area (Å²) >= 11 is 0. The normalized spacial score (nSPS) is 29.0. The number of primary amides is 1. The number of amides is 1. The fourth-order valence-corrected chi connectivity index (χ4v) is 6.56. The molecular formula is C28H33N3O8. The molecule has 39 heavy (non-hydrogen) atoms. The Balaban J connectivity index is 1.55. The van der Waals surface area contributed by atoms with Crippen molar-refractivity contribution >= 4 is 23.3 Å². The number of rotatable bonds is 6. The maximum atomic E-state index is 13.8. The number of phenols is 1. The highest BCUT2D eigenvalue weighted by molar-refractivity contribution is 6.24. The molecule has 1 heterocycles. The third-order valence-electron chi connectivity index (χ3n) is 8.59. The molecule has 1 aromatic carbocycles. The van der Waals surface area contributed by atoms with Crippen molar-refractivity contribution < 1.29 is 39.2 Å². The highest BCUT2D eigenvalue weighted by Gasteiger charge is 2.61. The van der Waals surface area contributed by atoms with Crippen LogP contribution in [0.2, 0.25) is 0 Å². The minimum absolute atomic E-state index is 0.0506. The van der Waals surface area contributed by atoms with E-state index >= 15 is 0 Å². The van der Waals surface area contributed by atoms with Crippen LogP contribution in [0.4, 0.5) is 0 Å². The van der Waals surface area contributed by atoms with E-state index in [1.54, 1.807) is 19.0 Å². The number of benzene rings is 1. The molecule has 1 aromatic rings. The van der Waals surface area contributed by atoms with Gasteiger partial charge >= 0.3 is 0 Å². The van der Waals surface area contributed by atoms with Gasteiger partial charge in [-0.3, -0.25) is 19.2 Å². The van der Waals surface area contributed by atoms with Crippen molar-refractivity contribution in [2.45, 2.75) is 43.4 Å². The number of allylic oxidation sites excluding steroid dienone is 1. The van der Waals surface area contributed by atoms with E-state index in [4.69, 9.17) is 10.5 Å². The summed E-state index contributed by atoms with van der Waals surface area (Å²) in [7, 11) is 3.40. The average molecular weight is 540 g/mol. The van der Waals surface area contributed by atoms with Crippen molar-refractivity contribution in [1.82, 2.24) is 10.2 Å². The van der Waals surface area contributed by atoms with Gasteiger partial charge in [-0.05, 0) is 63.4 Å². The number of aromatic hydroxyl groups is 1. The Morgan fingerprint density at radius 1 is 1.18 bits per heavy atom. The van der Waals surface area contributed by atoms with Crippen LogP contribution in [0.1, 0.15) is 45.5 Å². The van der Waals surface area contributed by atoms with Crippen LogP contribution in [0.15, 0.2) is 35.1 Å². The molecule has 0 unspecified atom stereocenters. The number of aliphatic hydroxyl groups excluding tert-OH is 1. The summed E-state index contributed by atoms with van der Waals surface area (Å²) in [5.41, 5.74) is 2.77. The van der Waals surface area contributed by atoms with Crippen molar-refractivity contribution in [3.63, 3.8) is 0 Å². The Morgan fingerprint density at radius 3 is 2.51 bits per heavy atom. The summed E-state index contributed by atoms with van der Waals surface area (Å²) in [6, 6.07) is 2.25. The Hall–Kier alpha value is -3.38. The molecule has 208 valence electrons. The van der Waals surface area contributed by atoms with Crippen molar-refractivity contribution in [1.29, 1.82) is 0 Å². The van der Waals surface area contributed by atoms with E-state index in [1.807, 2.05) is 0 Å². The molecule has 4 aliphatic rings. The molecule has 3 aliphatic carbocycles. The molecule has 1 amide bonds. The second-order valence-electron chi connectivity index (χ2n) is 11.0. The zero-order chi connectivity index (χ0) is 28.2. The maximum Gasteiger partial charge on any atom is 0.252 e. The van der Waals surface area contributed by atoms with Crippen LogP contribution < -0.4 is 11.1 Å². The van der Waals surface area contributed by atoms with Crippen LogP contribution in [-0.4, -0.2) is 95.0 Å². The van der Waals surface area contributed by atoms with Crippen LogP contribution in [0.25, 0.3) is 0 Å². The third kappa shape index (κ3) is 4.29. The molecule has 0 saturated carbocycles. The van der Waals surface area contributed by atoms with Gasteiger partial charge in [-0.25, -0.2) is 0 Å². The van der Waals surface area contributed by atoms with E-state index in [0.717, 1.165) is 12.8 Å². The lowest BCUT2D eigenvalue weighted by Gasteiger charge is -2.49. The minimum atomic E-state index is -2.54. The first-order chi connectivity index (χ1) is 18.5. The number of aliphatic hydroxyl groups is 2. The van der Waals surface area contributed by atoms with Gasteiger partial charge in [0.1, 0.15) is 11.5 Å². The number of hydrogen-bond donors (Lipinski definition) is 5. The van der Waals surface area contributed by atoms with E-state index in [9.17, 15) is 34.5 Å². The summed E-state index contributed by atoms with van der Waals surface area (Å²) < 4.78 is 5.36. The number of ketones is 3. The number of phenolic OH excluding ortho intramolecular Hbond substituents is 1. The van der Waals surface area contributed by atoms with Gasteiger partial charge in [0.15, 0.2) is 17.2 Å². The molecule has 0 radical (unpaired) electrons. The van der Waals surface area contributed by atoms with Crippen molar-refractivity contribution in [3.8, 4) is 5.75 Å². The smallest absolute Gasteiger partial charge is 0.252 e. The largest absolute Gasteiger partial charge is 0.508 e. The number of likely N-dealkylation sites (N-methyl/N-ethyl adjacent to an activating group) is 1. The van der Waals surface area contributed by atoms with Crippen molar-refractivity contribution in [2.75, 3.05) is 33.9 Å². The number of fused-ring (bicyclic) bond motifs is 3. The quantitative estimate of drug-likeness (QED) is 0.247. The van der Waals surface area contributed by atoms with Crippen LogP contribution in [0, 0.1) is 11.8 Å². The Labute approximate surface area is 225 Å². The lowest BCUT2D eigenvalue weighted by Crippen LogP contribution is -2.62. The molecule has 0 bridgehead atoms. The first kappa shape index (κ1) is 27.2. The number of carbonyl (C=O) groups is 4.